The number of amides is 2. The fourth-order valence-corrected chi connectivity index (χ4v) is 5.70. The van der Waals surface area contributed by atoms with Gasteiger partial charge in [-0.1, -0.05) is 65.2 Å². The first kappa shape index (κ1) is 55.6. The lowest BCUT2D eigenvalue weighted by Gasteiger charge is -2.21. The monoisotopic (exact) mass is 896 g/mol. The minimum Gasteiger partial charge on any atom is -0.497 e. The Morgan fingerprint density at radius 2 is 1.30 bits per heavy atom. The number of esters is 2. The first-order chi connectivity index (χ1) is 29.9. The molecule has 0 bridgehead atoms. The maximum absolute atomic E-state index is 13.5. The second kappa shape index (κ2) is 28.3. The van der Waals surface area contributed by atoms with Gasteiger partial charge < -0.3 is 34.3 Å². The van der Waals surface area contributed by atoms with Crippen molar-refractivity contribution in [3.8, 4) is 17.2 Å². The van der Waals surface area contributed by atoms with Crippen molar-refractivity contribution < 1.29 is 61.2 Å². The number of ether oxygens (including phenoxy) is 4. The van der Waals surface area contributed by atoms with Crippen LogP contribution in [0, 0.1) is 0 Å². The molecule has 0 aliphatic heterocycles. The van der Waals surface area contributed by atoms with E-state index in [2.05, 4.69) is 12.2 Å². The van der Waals surface area contributed by atoms with Gasteiger partial charge >= 0.3 is 18.1 Å². The third-order valence-electron chi connectivity index (χ3n) is 8.95. The van der Waals surface area contributed by atoms with Gasteiger partial charge in [-0.3, -0.25) is 19.2 Å². The maximum Gasteiger partial charge on any atom is 0.416 e. The smallest absolute Gasteiger partial charge is 0.416 e. The summed E-state index contributed by atoms with van der Waals surface area (Å²) in [5.41, 5.74) is 0.423. The Balaban J connectivity index is 0.00000139. The summed E-state index contributed by atoms with van der Waals surface area (Å²) >= 11 is 0. The fraction of sp³-hybridized carbons (Fsp3) is 0.408. The number of hydrogen-bond donors (Lipinski definition) is 2. The van der Waals surface area contributed by atoms with Crippen LogP contribution >= 0.6 is 0 Å². The first-order valence-corrected chi connectivity index (χ1v) is 20.6. The van der Waals surface area contributed by atoms with E-state index in [1.165, 1.54) is 62.8 Å². The van der Waals surface area contributed by atoms with Crippen molar-refractivity contribution in [3.05, 3.63) is 124 Å². The number of methoxy groups -OCH3 is 1. The zero-order valence-corrected chi connectivity index (χ0v) is 37.0. The second-order valence-electron chi connectivity index (χ2n) is 15.0. The highest BCUT2D eigenvalue weighted by molar-refractivity contribution is 5.98. The number of benzene rings is 4. The number of unbranched alkanes of at least 4 members (excludes halogenated alkanes) is 4. The molecule has 15 heteroatoms. The Bertz CT molecular complexity index is 2030. The molecule has 64 heavy (non-hydrogen) atoms. The molecule has 4 rings (SSSR count). The average molecular weight is 897 g/mol. The Labute approximate surface area is 375 Å². The minimum absolute atomic E-state index is 0. The van der Waals surface area contributed by atoms with E-state index < -0.39 is 23.6 Å². The van der Waals surface area contributed by atoms with Gasteiger partial charge in [0.25, 0.3) is 18.3 Å². The van der Waals surface area contributed by atoms with Gasteiger partial charge in [-0.05, 0) is 118 Å². The van der Waals surface area contributed by atoms with Gasteiger partial charge in [0.15, 0.2) is 0 Å². The number of halogens is 3. The van der Waals surface area contributed by atoms with E-state index in [4.69, 9.17) is 28.8 Å². The first-order valence-electron chi connectivity index (χ1n) is 20.6. The van der Waals surface area contributed by atoms with Crippen LogP contribution in [0.2, 0.25) is 0 Å². The highest BCUT2D eigenvalue weighted by Crippen LogP contribution is 2.34. The second-order valence-corrected chi connectivity index (χ2v) is 15.0. The van der Waals surface area contributed by atoms with Gasteiger partial charge in [-0.2, -0.15) is 13.2 Å². The summed E-state index contributed by atoms with van der Waals surface area (Å²) in [7, 11) is 1.28. The van der Waals surface area contributed by atoms with E-state index >= 15 is 0 Å². The third-order valence-corrected chi connectivity index (χ3v) is 8.95. The molecule has 2 N–H and O–H groups in total. The predicted octanol–water partition coefficient (Wildman–Crippen LogP) is 10.9. The van der Waals surface area contributed by atoms with Crippen molar-refractivity contribution in [1.29, 1.82) is 0 Å². The van der Waals surface area contributed by atoms with Crippen molar-refractivity contribution in [1.82, 2.24) is 10.2 Å². The van der Waals surface area contributed by atoms with E-state index in [1.54, 1.807) is 60.4 Å². The Kier molecular flexibility index (Phi) is 24.6. The van der Waals surface area contributed by atoms with Crippen LogP contribution in [-0.4, -0.2) is 66.1 Å². The average Bonchev–Trinajstić information content (AvgIpc) is 3.26. The highest BCUT2D eigenvalue weighted by atomic mass is 19.4. The van der Waals surface area contributed by atoms with E-state index in [0.29, 0.717) is 42.2 Å². The molecule has 0 atom stereocenters. The summed E-state index contributed by atoms with van der Waals surface area (Å²) < 4.78 is 61.7. The number of nitrogens with one attached hydrogen (secondary N) is 1. The Morgan fingerprint density at radius 1 is 0.750 bits per heavy atom. The molecule has 0 unspecified atom stereocenters. The number of carbonyl (C=O) groups excluding carboxylic acids is 4. The highest BCUT2D eigenvalue weighted by Gasteiger charge is 2.34. The zero-order valence-electron chi connectivity index (χ0n) is 37.0. The van der Waals surface area contributed by atoms with Crippen molar-refractivity contribution in [2.75, 3.05) is 20.3 Å². The van der Waals surface area contributed by atoms with Gasteiger partial charge in [0.2, 0.25) is 0 Å². The van der Waals surface area contributed by atoms with Gasteiger partial charge in [0.1, 0.15) is 22.8 Å². The third kappa shape index (κ3) is 20.2. The molecule has 0 radical (unpaired) electrons. The van der Waals surface area contributed by atoms with Gasteiger partial charge in [0.05, 0.1) is 24.8 Å². The van der Waals surface area contributed by atoms with E-state index in [0.717, 1.165) is 24.5 Å². The summed E-state index contributed by atoms with van der Waals surface area (Å²) in [5, 5.41) is 9.40. The molecule has 0 heterocycles. The summed E-state index contributed by atoms with van der Waals surface area (Å²) in [6.45, 7) is 12.1. The van der Waals surface area contributed by atoms with E-state index in [9.17, 15) is 32.3 Å². The maximum atomic E-state index is 13.5. The molecule has 350 valence electrons. The van der Waals surface area contributed by atoms with Gasteiger partial charge in [-0.15, -0.1) is 0 Å². The normalized spacial score (nSPS) is 10.6. The Hall–Kier alpha value is -6.38. The van der Waals surface area contributed by atoms with Crippen molar-refractivity contribution in [2.24, 2.45) is 0 Å². The number of carboxylic acid groups (broad SMARTS) is 1. The fourth-order valence-electron chi connectivity index (χ4n) is 5.70. The number of alkyl halides is 3. The largest absolute Gasteiger partial charge is 0.497 e. The van der Waals surface area contributed by atoms with Crippen LogP contribution in [0.5, 0.6) is 17.2 Å². The van der Waals surface area contributed by atoms with Crippen LogP contribution in [0.3, 0.4) is 0 Å². The number of hydrogen-bond acceptors (Lipinski definition) is 9. The summed E-state index contributed by atoms with van der Waals surface area (Å²) in [6.07, 6.45) is 1.60. The summed E-state index contributed by atoms with van der Waals surface area (Å²) in [4.78, 5) is 59.3. The molecule has 4 aromatic carbocycles. The molecule has 0 aromatic heterocycles. The topological polar surface area (TPSA) is 158 Å². The van der Waals surface area contributed by atoms with E-state index in [1.807, 2.05) is 27.7 Å². The molecule has 0 saturated carbocycles. The molecular weight excluding hydrogens is 834 g/mol. The molecule has 4 aromatic rings. The lowest BCUT2D eigenvalue weighted by atomic mass is 10.1. The molecule has 0 saturated heterocycles. The summed E-state index contributed by atoms with van der Waals surface area (Å²) in [6, 6.07) is 23.2. The van der Waals surface area contributed by atoms with Gasteiger partial charge in [-0.25, -0.2) is 4.79 Å². The van der Waals surface area contributed by atoms with Crippen molar-refractivity contribution in [3.63, 3.8) is 0 Å². The molecule has 0 spiro atoms. The van der Waals surface area contributed by atoms with Crippen LogP contribution < -0.4 is 19.5 Å². The lowest BCUT2D eigenvalue weighted by molar-refractivity contribution is -0.154. The van der Waals surface area contributed by atoms with Crippen molar-refractivity contribution >= 4 is 30.2 Å². The van der Waals surface area contributed by atoms with Crippen LogP contribution in [0.1, 0.15) is 135 Å². The predicted molar refractivity (Wildman–Crippen MR) is 240 cm³/mol. The molecule has 12 nitrogen and oxygen atoms in total. The quantitative estimate of drug-likeness (QED) is 0.0426. The number of carbonyl (C=O) groups is 5. The Morgan fingerprint density at radius 3 is 1.81 bits per heavy atom. The van der Waals surface area contributed by atoms with E-state index in [-0.39, 0.29) is 61.3 Å². The van der Waals surface area contributed by atoms with Crippen LogP contribution in [0.15, 0.2) is 91.0 Å². The molecule has 0 fully saturated rings. The van der Waals surface area contributed by atoms with Crippen molar-refractivity contribution in [2.45, 2.75) is 112 Å². The standard InChI is InChI=1S/C40H43F3N2O6.C7H14O2.CH2O2.CH4/c1-4-6-7-8-9-24-50-33-21-16-31(17-22-33)39(48)51-34-19-10-28(11-20-34)27-45(5-2)38(47)30-14-12-29(13-15-30)37(46)44-26-32-18-23-35(49-3)25-36(32)40(41,42)43;1-5-6(8)9-7(2,3)4;2-1-3;/h10-23,25H,4-9,24,26-27H2,1-3H3,(H,44,46);5H2,1-4H3;1H,(H,2,3);1H4. The molecule has 2 amide bonds. The summed E-state index contributed by atoms with van der Waals surface area (Å²) in [5.74, 6) is -0.359. The lowest BCUT2D eigenvalue weighted by Crippen LogP contribution is -2.30. The molecule has 0 aliphatic carbocycles. The number of nitrogens with zero attached hydrogens (tertiary/aromatic N) is 1. The molecule has 0 aliphatic rings. The molecular formula is C49H63F3N2O10. The van der Waals surface area contributed by atoms with Gasteiger partial charge in [0, 0.05) is 37.2 Å². The minimum atomic E-state index is -4.62. The van der Waals surface area contributed by atoms with Crippen LogP contribution in [0.4, 0.5) is 13.2 Å². The van der Waals surface area contributed by atoms with Crippen LogP contribution in [0.25, 0.3) is 0 Å². The SMILES string of the molecule is C.CCC(=O)OC(C)(C)C.CCCCCCCOc1ccc(C(=O)Oc2ccc(CN(CC)C(=O)c3ccc(C(=O)NCc4ccc(OC)cc4C(F)(F)F)cc3)cc2)cc1.O=CO. The van der Waals surface area contributed by atoms with Crippen LogP contribution in [-0.2, 0) is 33.6 Å². The zero-order chi connectivity index (χ0) is 47.0. The number of rotatable bonds is 18.